The fourth-order valence-corrected chi connectivity index (χ4v) is 5.14. The van der Waals surface area contributed by atoms with Gasteiger partial charge in [0.15, 0.2) is 8.32 Å². The molecule has 0 aliphatic carbocycles. The Labute approximate surface area is 205 Å². The van der Waals surface area contributed by atoms with Crippen LogP contribution in [0.3, 0.4) is 0 Å². The van der Waals surface area contributed by atoms with Crippen LogP contribution in [0.4, 0.5) is 5.69 Å². The van der Waals surface area contributed by atoms with Crippen molar-refractivity contribution in [3.05, 3.63) is 78.4 Å². The first-order chi connectivity index (χ1) is 15.7. The van der Waals surface area contributed by atoms with Crippen molar-refractivity contribution in [3.8, 4) is 0 Å². The van der Waals surface area contributed by atoms with Crippen molar-refractivity contribution in [1.29, 1.82) is 0 Å². The molecule has 2 atom stereocenters. The van der Waals surface area contributed by atoms with Crippen molar-refractivity contribution in [2.24, 2.45) is 0 Å². The molecule has 0 saturated carbocycles. The molecule has 6 nitrogen and oxygen atoms in total. The SMILES string of the molecule is C=C(C(=O)Nc1ccccc1)[C@@H](OS(C)(=O)=O)[C@@H](CCc1ccccc1)O[Si](C)(C)C(C)(C)C. The van der Waals surface area contributed by atoms with E-state index in [2.05, 4.69) is 45.8 Å². The number of anilines is 1. The van der Waals surface area contributed by atoms with Crippen molar-refractivity contribution in [1.82, 2.24) is 0 Å². The highest BCUT2D eigenvalue weighted by molar-refractivity contribution is 7.86. The highest BCUT2D eigenvalue weighted by atomic mass is 32.2. The largest absolute Gasteiger partial charge is 0.411 e. The van der Waals surface area contributed by atoms with E-state index in [0.29, 0.717) is 18.5 Å². The third-order valence-corrected chi connectivity index (χ3v) is 11.2. The van der Waals surface area contributed by atoms with E-state index in [1.807, 2.05) is 36.4 Å². The highest BCUT2D eigenvalue weighted by Crippen LogP contribution is 2.39. The van der Waals surface area contributed by atoms with Crippen LogP contribution in [-0.4, -0.2) is 41.1 Å². The van der Waals surface area contributed by atoms with Gasteiger partial charge < -0.3 is 9.74 Å². The minimum atomic E-state index is -3.90. The molecule has 8 heteroatoms. The van der Waals surface area contributed by atoms with Gasteiger partial charge >= 0.3 is 0 Å². The van der Waals surface area contributed by atoms with Gasteiger partial charge in [0.1, 0.15) is 6.10 Å². The zero-order valence-electron chi connectivity index (χ0n) is 21.0. The maximum atomic E-state index is 13.1. The van der Waals surface area contributed by atoms with Gasteiger partial charge in [0.25, 0.3) is 16.0 Å². The second-order valence-electron chi connectivity index (χ2n) is 10.0. The smallest absolute Gasteiger partial charge is 0.265 e. The van der Waals surface area contributed by atoms with E-state index in [-0.39, 0.29) is 10.6 Å². The van der Waals surface area contributed by atoms with Crippen LogP contribution in [-0.2, 0) is 29.9 Å². The van der Waals surface area contributed by atoms with Crippen LogP contribution in [0, 0.1) is 0 Å². The summed E-state index contributed by atoms with van der Waals surface area (Å²) in [5.41, 5.74) is 1.67. The summed E-state index contributed by atoms with van der Waals surface area (Å²) in [6.45, 7) is 14.4. The summed E-state index contributed by atoms with van der Waals surface area (Å²) in [6, 6.07) is 18.8. The molecule has 0 aliphatic rings. The molecule has 2 rings (SSSR count). The Morgan fingerprint density at radius 2 is 1.56 bits per heavy atom. The van der Waals surface area contributed by atoms with Crippen molar-refractivity contribution in [3.63, 3.8) is 0 Å². The van der Waals surface area contributed by atoms with E-state index in [1.54, 1.807) is 24.3 Å². The van der Waals surface area contributed by atoms with Gasteiger partial charge in [-0.1, -0.05) is 75.9 Å². The Kier molecular flexibility index (Phi) is 9.42. The number of carbonyl (C=O) groups excluding carboxylic acids is 1. The molecule has 0 spiro atoms. The van der Waals surface area contributed by atoms with Crippen LogP contribution in [0.2, 0.25) is 18.1 Å². The molecule has 0 heterocycles. The van der Waals surface area contributed by atoms with Crippen molar-refractivity contribution in [2.75, 3.05) is 11.6 Å². The van der Waals surface area contributed by atoms with Gasteiger partial charge in [0, 0.05) is 11.3 Å². The zero-order chi connectivity index (χ0) is 25.6. The minimum absolute atomic E-state index is 0.00560. The van der Waals surface area contributed by atoms with Crippen LogP contribution in [0.1, 0.15) is 32.8 Å². The molecule has 0 unspecified atom stereocenters. The standard InChI is InChI=1S/C26H37NO5SSi/c1-20(25(28)27-22-16-12-9-13-17-22)24(31-33(5,29)30)23(32-34(6,7)26(2,3)4)19-18-21-14-10-8-11-15-21/h8-17,23-24H,1,18-19H2,2-7H3,(H,27,28)/t23-,24-/m1/s1. The van der Waals surface area contributed by atoms with Crippen molar-refractivity contribution in [2.45, 2.75) is 64.0 Å². The van der Waals surface area contributed by atoms with E-state index in [1.165, 1.54) is 0 Å². The van der Waals surface area contributed by atoms with E-state index in [9.17, 15) is 13.2 Å². The predicted molar refractivity (Wildman–Crippen MR) is 141 cm³/mol. The number of nitrogens with one attached hydrogen (secondary N) is 1. The number of carbonyl (C=O) groups is 1. The average Bonchev–Trinajstić information content (AvgIpc) is 2.74. The second-order valence-corrected chi connectivity index (χ2v) is 16.4. The summed E-state index contributed by atoms with van der Waals surface area (Å²) >= 11 is 0. The van der Waals surface area contributed by atoms with Crippen molar-refractivity contribution < 1.29 is 21.8 Å². The molecular formula is C26H37NO5SSi. The minimum Gasteiger partial charge on any atom is -0.411 e. The summed E-state index contributed by atoms with van der Waals surface area (Å²) in [5.74, 6) is -0.511. The van der Waals surface area contributed by atoms with E-state index in [0.717, 1.165) is 11.8 Å². The zero-order valence-corrected chi connectivity index (χ0v) is 22.8. The first-order valence-electron chi connectivity index (χ1n) is 11.3. The summed E-state index contributed by atoms with van der Waals surface area (Å²) < 4.78 is 36.6. The van der Waals surface area contributed by atoms with Gasteiger partial charge in [0.05, 0.1) is 12.4 Å². The number of para-hydroxylation sites is 1. The Morgan fingerprint density at radius 1 is 1.03 bits per heavy atom. The molecule has 1 amide bonds. The molecular weight excluding hydrogens is 466 g/mol. The third-order valence-electron chi connectivity index (χ3n) is 6.10. The Hall–Kier alpha value is -2.26. The lowest BCUT2D eigenvalue weighted by Crippen LogP contribution is -2.49. The number of rotatable bonds is 11. The summed E-state index contributed by atoms with van der Waals surface area (Å²) in [7, 11) is -6.25. The van der Waals surface area contributed by atoms with Crippen LogP contribution in [0.5, 0.6) is 0 Å². The Balaban J connectivity index is 2.39. The lowest BCUT2D eigenvalue weighted by molar-refractivity contribution is -0.114. The Morgan fingerprint density at radius 3 is 2.06 bits per heavy atom. The topological polar surface area (TPSA) is 81.7 Å². The molecule has 0 saturated heterocycles. The van der Waals surface area contributed by atoms with Gasteiger partial charge in [0.2, 0.25) is 0 Å². The fourth-order valence-electron chi connectivity index (χ4n) is 3.18. The van der Waals surface area contributed by atoms with Crippen LogP contribution >= 0.6 is 0 Å². The summed E-state index contributed by atoms with van der Waals surface area (Å²) in [6.07, 6.45) is 0.246. The second kappa shape index (κ2) is 11.4. The maximum absolute atomic E-state index is 13.1. The molecule has 2 aromatic rings. The molecule has 186 valence electrons. The number of hydrogen-bond donors (Lipinski definition) is 1. The molecule has 1 N–H and O–H groups in total. The number of benzene rings is 2. The first kappa shape index (κ1) is 28.0. The number of amides is 1. The normalized spacial score (nSPS) is 14.3. The van der Waals surface area contributed by atoms with Gasteiger partial charge in [-0.3, -0.25) is 8.98 Å². The average molecular weight is 504 g/mol. The fraction of sp³-hybridized carbons (Fsp3) is 0.423. The lowest BCUT2D eigenvalue weighted by atomic mass is 9.99. The number of aryl methyl sites for hydroxylation is 1. The molecule has 34 heavy (non-hydrogen) atoms. The predicted octanol–water partition coefficient (Wildman–Crippen LogP) is 5.55. The van der Waals surface area contributed by atoms with Crippen molar-refractivity contribution >= 4 is 30.0 Å². The monoisotopic (exact) mass is 503 g/mol. The highest BCUT2D eigenvalue weighted by Gasteiger charge is 2.43. The van der Waals surface area contributed by atoms with Gasteiger partial charge in [-0.15, -0.1) is 0 Å². The van der Waals surface area contributed by atoms with Gasteiger partial charge in [-0.25, -0.2) is 0 Å². The molecule has 0 radical (unpaired) electrons. The molecule has 0 bridgehead atoms. The molecule has 0 fully saturated rings. The van der Waals surface area contributed by atoms with E-state index < -0.39 is 36.6 Å². The molecule has 0 aromatic heterocycles. The third kappa shape index (κ3) is 8.50. The van der Waals surface area contributed by atoms with Gasteiger partial charge in [-0.05, 0) is 48.7 Å². The van der Waals surface area contributed by atoms with Crippen LogP contribution < -0.4 is 5.32 Å². The maximum Gasteiger partial charge on any atom is 0.265 e. The summed E-state index contributed by atoms with van der Waals surface area (Å²) in [4.78, 5) is 13.1. The summed E-state index contributed by atoms with van der Waals surface area (Å²) in [5, 5.41) is 2.65. The number of hydrogen-bond acceptors (Lipinski definition) is 5. The molecule has 2 aromatic carbocycles. The van der Waals surface area contributed by atoms with Crippen LogP contribution in [0.15, 0.2) is 72.8 Å². The van der Waals surface area contributed by atoms with E-state index in [4.69, 9.17) is 8.61 Å². The van der Waals surface area contributed by atoms with Gasteiger partial charge in [-0.2, -0.15) is 8.42 Å². The first-order valence-corrected chi connectivity index (χ1v) is 16.1. The quantitative estimate of drug-likeness (QED) is 0.247. The van der Waals surface area contributed by atoms with E-state index >= 15 is 0 Å². The molecule has 0 aliphatic heterocycles. The Bertz CT molecular complexity index is 1060. The lowest BCUT2D eigenvalue weighted by Gasteiger charge is -2.41. The van der Waals surface area contributed by atoms with Crippen LogP contribution in [0.25, 0.3) is 0 Å².